The molecule has 2 aromatic carbocycles. The third-order valence-electron chi connectivity index (χ3n) is 7.77. The van der Waals surface area contributed by atoms with Crippen molar-refractivity contribution in [3.63, 3.8) is 0 Å². The maximum atomic E-state index is 11.1. The van der Waals surface area contributed by atoms with Crippen LogP contribution in [0.4, 0.5) is 5.69 Å². The van der Waals surface area contributed by atoms with Crippen LogP contribution in [-0.2, 0) is 0 Å². The van der Waals surface area contributed by atoms with Gasteiger partial charge in [-0.1, -0.05) is 30.4 Å². The molecule has 186 valence electrons. The Morgan fingerprint density at radius 2 is 1.58 bits per heavy atom. The zero-order chi connectivity index (χ0) is 24.6. The van der Waals surface area contributed by atoms with Gasteiger partial charge in [-0.2, -0.15) is 5.10 Å². The van der Waals surface area contributed by atoms with Crippen molar-refractivity contribution < 1.29 is 9.90 Å². The number of piperazine rings is 1. The molecule has 0 spiro atoms. The molecule has 1 aliphatic carbocycles. The van der Waals surface area contributed by atoms with Gasteiger partial charge in [-0.3, -0.25) is 4.90 Å². The van der Waals surface area contributed by atoms with Gasteiger partial charge >= 0.3 is 5.97 Å². The Morgan fingerprint density at radius 1 is 0.917 bits per heavy atom. The first-order chi connectivity index (χ1) is 17.5. The molecule has 1 saturated carbocycles. The van der Waals surface area contributed by atoms with Gasteiger partial charge in [0.25, 0.3) is 0 Å². The summed E-state index contributed by atoms with van der Waals surface area (Å²) in [5.74, 6) is -0.0239. The van der Waals surface area contributed by atoms with E-state index in [-0.39, 0.29) is 5.56 Å². The summed E-state index contributed by atoms with van der Waals surface area (Å²) in [6.07, 6.45) is 7.40. The number of anilines is 1. The second kappa shape index (κ2) is 9.67. The molecule has 0 radical (unpaired) electrons. The first-order valence-electron chi connectivity index (χ1n) is 12.8. The normalized spacial score (nSPS) is 21.2. The third kappa shape index (κ3) is 4.63. The van der Waals surface area contributed by atoms with Gasteiger partial charge in [-0.05, 0) is 68.0 Å². The molecule has 6 rings (SSSR count). The number of fused-ring (bicyclic) bond motifs is 1. The van der Waals surface area contributed by atoms with Gasteiger partial charge in [-0.15, -0.1) is 0 Å². The minimum Gasteiger partial charge on any atom is -0.478 e. The molecule has 4 aromatic rings. The van der Waals surface area contributed by atoms with E-state index in [2.05, 4.69) is 41.0 Å². The number of carboxylic acid groups (broad SMARTS) is 1. The molecule has 0 bridgehead atoms. The lowest BCUT2D eigenvalue weighted by Crippen LogP contribution is -2.51. The molecule has 0 unspecified atom stereocenters. The lowest BCUT2D eigenvalue weighted by Gasteiger charge is -2.42. The van der Waals surface area contributed by atoms with Crippen molar-refractivity contribution in [3.05, 3.63) is 60.3 Å². The Kier molecular flexibility index (Phi) is 6.23. The van der Waals surface area contributed by atoms with Crippen LogP contribution in [0.25, 0.3) is 26.8 Å². The standard InChI is InChI=1S/C28H31N5O2S/c1-19-2-10-23(11-3-19)31-14-16-32(17-15-31)24-12-8-21(9-13-24)26-30-33-18-25(29-28(33)36-26)20-4-6-22(7-5-20)27(34)35/h4-9,12-13,18-19,23H,2-3,10-11,14-17H2,1H3,(H,34,35). The summed E-state index contributed by atoms with van der Waals surface area (Å²) in [4.78, 5) is 21.8. The molecule has 36 heavy (non-hydrogen) atoms. The number of imidazole rings is 1. The SMILES string of the molecule is CC1CCC(N2CCN(c3ccc(-c4nn5cc(-c6ccc(C(=O)O)cc6)nc5s4)cc3)CC2)CC1. The second-order valence-electron chi connectivity index (χ2n) is 10.1. The molecule has 2 aromatic heterocycles. The van der Waals surface area contributed by atoms with Gasteiger partial charge in [0.15, 0.2) is 0 Å². The van der Waals surface area contributed by atoms with Crippen LogP contribution in [0.3, 0.4) is 0 Å². The maximum absolute atomic E-state index is 11.1. The van der Waals surface area contributed by atoms with Gasteiger partial charge in [-0.25, -0.2) is 14.3 Å². The summed E-state index contributed by atoms with van der Waals surface area (Å²) in [7, 11) is 0. The average Bonchev–Trinajstić information content (AvgIpc) is 3.49. The highest BCUT2D eigenvalue weighted by molar-refractivity contribution is 7.19. The van der Waals surface area contributed by atoms with Crippen LogP contribution in [0.1, 0.15) is 43.0 Å². The molecule has 2 fully saturated rings. The van der Waals surface area contributed by atoms with Crippen molar-refractivity contribution in [1.29, 1.82) is 0 Å². The van der Waals surface area contributed by atoms with Crippen LogP contribution in [0, 0.1) is 5.92 Å². The number of rotatable bonds is 5. The van der Waals surface area contributed by atoms with E-state index in [1.54, 1.807) is 40.1 Å². The molecular weight excluding hydrogens is 470 g/mol. The fraction of sp³-hybridized carbons (Fsp3) is 0.393. The van der Waals surface area contributed by atoms with E-state index in [9.17, 15) is 4.79 Å². The van der Waals surface area contributed by atoms with Crippen LogP contribution >= 0.6 is 11.3 Å². The fourth-order valence-corrected chi connectivity index (χ4v) is 6.39. The number of hydrogen-bond donors (Lipinski definition) is 1. The number of carbonyl (C=O) groups is 1. The number of benzene rings is 2. The van der Waals surface area contributed by atoms with Crippen molar-refractivity contribution in [2.24, 2.45) is 5.92 Å². The fourth-order valence-electron chi connectivity index (χ4n) is 5.51. The van der Waals surface area contributed by atoms with E-state index >= 15 is 0 Å². The van der Waals surface area contributed by atoms with Gasteiger partial charge in [0.1, 0.15) is 5.01 Å². The number of aromatic nitrogens is 3. The second-order valence-corrected chi connectivity index (χ2v) is 11.1. The van der Waals surface area contributed by atoms with Gasteiger partial charge < -0.3 is 10.0 Å². The van der Waals surface area contributed by atoms with E-state index < -0.39 is 5.97 Å². The molecule has 1 N–H and O–H groups in total. The van der Waals surface area contributed by atoms with Crippen LogP contribution in [-0.4, -0.2) is 62.8 Å². The molecule has 1 aliphatic heterocycles. The Hall–Kier alpha value is -3.23. The van der Waals surface area contributed by atoms with E-state index in [0.29, 0.717) is 0 Å². The lowest BCUT2D eigenvalue weighted by molar-refractivity contribution is 0.0697. The van der Waals surface area contributed by atoms with Gasteiger partial charge in [0.05, 0.1) is 17.5 Å². The van der Waals surface area contributed by atoms with Crippen molar-refractivity contribution in [1.82, 2.24) is 19.5 Å². The first-order valence-corrected chi connectivity index (χ1v) is 13.6. The average molecular weight is 502 g/mol. The highest BCUT2D eigenvalue weighted by Crippen LogP contribution is 2.31. The molecule has 3 heterocycles. The minimum absolute atomic E-state index is 0.268. The number of aromatic carboxylic acids is 1. The Labute approximate surface area is 215 Å². The van der Waals surface area contributed by atoms with Crippen LogP contribution in [0.2, 0.25) is 0 Å². The molecule has 0 atom stereocenters. The van der Waals surface area contributed by atoms with E-state index in [1.165, 1.54) is 31.4 Å². The minimum atomic E-state index is -0.930. The molecular formula is C28H31N5O2S. The highest BCUT2D eigenvalue weighted by atomic mass is 32.1. The monoisotopic (exact) mass is 501 g/mol. The summed E-state index contributed by atoms with van der Waals surface area (Å²) in [6, 6.07) is 16.3. The predicted octanol–water partition coefficient (Wildman–Crippen LogP) is 5.52. The van der Waals surface area contributed by atoms with Crippen molar-refractivity contribution in [3.8, 4) is 21.8 Å². The predicted molar refractivity (Wildman–Crippen MR) is 144 cm³/mol. The number of nitrogens with zero attached hydrogens (tertiary/aromatic N) is 5. The Balaban J connectivity index is 1.10. The van der Waals surface area contributed by atoms with Gasteiger partial charge in [0, 0.05) is 49.0 Å². The van der Waals surface area contributed by atoms with Crippen LogP contribution in [0.5, 0.6) is 0 Å². The Bertz CT molecular complexity index is 1310. The van der Waals surface area contributed by atoms with E-state index in [4.69, 9.17) is 15.2 Å². The molecule has 1 saturated heterocycles. The topological polar surface area (TPSA) is 74.0 Å². The van der Waals surface area contributed by atoms with Crippen molar-refractivity contribution in [2.45, 2.75) is 38.6 Å². The summed E-state index contributed by atoms with van der Waals surface area (Å²) in [5.41, 5.74) is 4.31. The van der Waals surface area contributed by atoms with Crippen molar-refractivity contribution in [2.75, 3.05) is 31.1 Å². The summed E-state index contributed by atoms with van der Waals surface area (Å²) in [5, 5.41) is 14.8. The quantitative estimate of drug-likeness (QED) is 0.388. The Morgan fingerprint density at radius 3 is 2.22 bits per heavy atom. The summed E-state index contributed by atoms with van der Waals surface area (Å²) >= 11 is 1.56. The number of carboxylic acids is 1. The molecule has 0 amide bonds. The molecule has 8 heteroatoms. The van der Waals surface area contributed by atoms with E-state index in [1.807, 2.05) is 6.20 Å². The largest absolute Gasteiger partial charge is 0.478 e. The van der Waals surface area contributed by atoms with Crippen molar-refractivity contribution >= 4 is 28.0 Å². The van der Waals surface area contributed by atoms with Gasteiger partial charge in [0.2, 0.25) is 4.96 Å². The summed E-state index contributed by atoms with van der Waals surface area (Å²) in [6.45, 7) is 6.89. The maximum Gasteiger partial charge on any atom is 0.335 e. The third-order valence-corrected chi connectivity index (χ3v) is 8.74. The lowest BCUT2D eigenvalue weighted by atomic mass is 9.86. The highest BCUT2D eigenvalue weighted by Gasteiger charge is 2.27. The van der Waals surface area contributed by atoms with Crippen LogP contribution < -0.4 is 4.90 Å². The van der Waals surface area contributed by atoms with E-state index in [0.717, 1.165) is 64.9 Å². The zero-order valence-electron chi connectivity index (χ0n) is 20.5. The zero-order valence-corrected chi connectivity index (χ0v) is 21.3. The summed E-state index contributed by atoms with van der Waals surface area (Å²) < 4.78 is 1.81. The molecule has 2 aliphatic rings. The van der Waals surface area contributed by atoms with Crippen LogP contribution in [0.15, 0.2) is 54.7 Å². The molecule has 7 nitrogen and oxygen atoms in total. The number of hydrogen-bond acceptors (Lipinski definition) is 6. The smallest absolute Gasteiger partial charge is 0.335 e. The first kappa shape index (κ1) is 23.2.